The molecule has 0 bridgehead atoms. The number of nitrogens with zero attached hydrogens (tertiary/aromatic N) is 1. The van der Waals surface area contributed by atoms with E-state index in [0.717, 1.165) is 26.8 Å². The largest absolute Gasteiger partial charge is 0.298 e. The molecule has 68 valence electrons. The van der Waals surface area contributed by atoms with Crippen molar-refractivity contribution in [2.75, 3.05) is 0 Å². The number of fused-ring (bicyclic) bond motifs is 1. The highest BCUT2D eigenvalue weighted by Crippen LogP contribution is 2.30. The summed E-state index contributed by atoms with van der Waals surface area (Å²) in [5, 5.41) is 9.90. The van der Waals surface area contributed by atoms with Crippen molar-refractivity contribution in [3.8, 4) is 6.07 Å². The average Bonchev–Trinajstić information content (AvgIpc) is 2.55. The molecule has 14 heavy (non-hydrogen) atoms. The van der Waals surface area contributed by atoms with Crippen LogP contribution in [0.4, 0.5) is 0 Å². The minimum absolute atomic E-state index is 0.656. The summed E-state index contributed by atoms with van der Waals surface area (Å²) in [7, 11) is 0. The molecular weight excluding hydrogens is 194 g/mol. The molecule has 0 unspecified atom stereocenters. The Kier molecular flexibility index (Phi) is 2.06. The molecule has 2 rings (SSSR count). The number of thiophene rings is 1. The molecule has 1 aromatic carbocycles. The second-order valence-corrected chi connectivity index (χ2v) is 4.09. The third-order valence-electron chi connectivity index (χ3n) is 2.20. The molecule has 3 heteroatoms. The lowest BCUT2D eigenvalue weighted by atomic mass is 10.1. The lowest BCUT2D eigenvalue weighted by Crippen LogP contribution is -1.77. The van der Waals surface area contributed by atoms with Crippen molar-refractivity contribution in [3.05, 3.63) is 34.2 Å². The average molecular weight is 201 g/mol. The summed E-state index contributed by atoms with van der Waals surface area (Å²) in [6, 6.07) is 7.64. The number of carbonyl (C=O) groups excluding carboxylic acids is 1. The Balaban J connectivity index is 2.80. The van der Waals surface area contributed by atoms with Gasteiger partial charge in [-0.2, -0.15) is 5.26 Å². The Morgan fingerprint density at radius 1 is 1.50 bits per heavy atom. The summed E-state index contributed by atoms with van der Waals surface area (Å²) in [4.78, 5) is 11.3. The van der Waals surface area contributed by atoms with E-state index >= 15 is 0 Å². The van der Waals surface area contributed by atoms with E-state index in [4.69, 9.17) is 5.26 Å². The van der Waals surface area contributed by atoms with Gasteiger partial charge in [0.25, 0.3) is 0 Å². The van der Waals surface area contributed by atoms with Crippen molar-refractivity contribution in [2.24, 2.45) is 0 Å². The van der Waals surface area contributed by atoms with E-state index in [1.165, 1.54) is 11.3 Å². The van der Waals surface area contributed by atoms with Crippen LogP contribution in [0.1, 0.15) is 20.8 Å². The van der Waals surface area contributed by atoms with Gasteiger partial charge in [-0.15, -0.1) is 11.3 Å². The highest BCUT2D eigenvalue weighted by molar-refractivity contribution is 7.19. The number of aryl methyl sites for hydroxylation is 1. The summed E-state index contributed by atoms with van der Waals surface area (Å²) in [6.45, 7) is 1.93. The van der Waals surface area contributed by atoms with E-state index in [2.05, 4.69) is 6.07 Å². The normalized spacial score (nSPS) is 10.0. The first kappa shape index (κ1) is 8.92. The molecule has 1 aromatic heterocycles. The number of hydrogen-bond acceptors (Lipinski definition) is 3. The molecule has 0 aliphatic carbocycles. The fraction of sp³-hybridized carbons (Fsp3) is 0.0909. The third kappa shape index (κ3) is 1.21. The molecule has 0 aliphatic heterocycles. The van der Waals surface area contributed by atoms with Crippen LogP contribution in [0, 0.1) is 18.3 Å². The number of carbonyl (C=O) groups is 1. The summed E-state index contributed by atoms with van der Waals surface area (Å²) in [5.41, 5.74) is 1.66. The Hall–Kier alpha value is -1.66. The van der Waals surface area contributed by atoms with Crippen LogP contribution in [0.5, 0.6) is 0 Å². The lowest BCUT2D eigenvalue weighted by Gasteiger charge is -1.91. The van der Waals surface area contributed by atoms with Gasteiger partial charge in [0.2, 0.25) is 0 Å². The minimum Gasteiger partial charge on any atom is -0.298 e. The molecule has 1 heterocycles. The zero-order chi connectivity index (χ0) is 10.1. The maximum Gasteiger partial charge on any atom is 0.150 e. The number of hydrogen-bond donors (Lipinski definition) is 0. The molecule has 0 saturated heterocycles. The van der Waals surface area contributed by atoms with Gasteiger partial charge in [-0.3, -0.25) is 4.79 Å². The zero-order valence-corrected chi connectivity index (χ0v) is 8.39. The van der Waals surface area contributed by atoms with E-state index in [0.29, 0.717) is 5.56 Å². The van der Waals surface area contributed by atoms with Gasteiger partial charge in [0, 0.05) is 10.3 Å². The third-order valence-corrected chi connectivity index (χ3v) is 3.36. The van der Waals surface area contributed by atoms with Crippen LogP contribution < -0.4 is 0 Å². The number of benzene rings is 1. The Morgan fingerprint density at radius 2 is 2.29 bits per heavy atom. The molecule has 0 N–H and O–H groups in total. The number of rotatable bonds is 1. The van der Waals surface area contributed by atoms with Crippen LogP contribution in [0.2, 0.25) is 0 Å². The van der Waals surface area contributed by atoms with Gasteiger partial charge in [0.15, 0.2) is 0 Å². The van der Waals surface area contributed by atoms with E-state index in [1.54, 1.807) is 6.07 Å². The van der Waals surface area contributed by atoms with Crippen molar-refractivity contribution in [3.63, 3.8) is 0 Å². The van der Waals surface area contributed by atoms with Crippen LogP contribution in [-0.4, -0.2) is 6.29 Å². The fourth-order valence-electron chi connectivity index (χ4n) is 1.42. The van der Waals surface area contributed by atoms with Gasteiger partial charge in [-0.25, -0.2) is 0 Å². The van der Waals surface area contributed by atoms with Gasteiger partial charge in [-0.1, -0.05) is 12.1 Å². The molecule has 0 amide bonds. The van der Waals surface area contributed by atoms with Crippen LogP contribution in [-0.2, 0) is 0 Å². The molecule has 0 radical (unpaired) electrons. The monoisotopic (exact) mass is 201 g/mol. The second kappa shape index (κ2) is 3.24. The smallest absolute Gasteiger partial charge is 0.150 e. The quantitative estimate of drug-likeness (QED) is 0.665. The Morgan fingerprint density at radius 3 is 2.93 bits per heavy atom. The summed E-state index contributed by atoms with van der Waals surface area (Å²) in [5.74, 6) is 0. The molecule has 0 fully saturated rings. The molecule has 2 nitrogen and oxygen atoms in total. The SMILES string of the molecule is Cc1c(C#N)sc2cc(C=O)ccc12. The maximum atomic E-state index is 10.6. The standard InChI is InChI=1S/C11H7NOS/c1-7-9-3-2-8(6-13)4-10(9)14-11(7)5-12/h2-4,6H,1H3. The second-order valence-electron chi connectivity index (χ2n) is 3.04. The zero-order valence-electron chi connectivity index (χ0n) is 7.57. The highest BCUT2D eigenvalue weighted by atomic mass is 32.1. The first-order valence-electron chi connectivity index (χ1n) is 4.14. The lowest BCUT2D eigenvalue weighted by molar-refractivity contribution is 0.112. The number of nitriles is 1. The first-order chi connectivity index (χ1) is 6.76. The van der Waals surface area contributed by atoms with Crippen molar-refractivity contribution < 1.29 is 4.79 Å². The Labute approximate surface area is 85.4 Å². The molecule has 0 spiro atoms. The Bertz CT molecular complexity index is 548. The van der Waals surface area contributed by atoms with E-state index in [9.17, 15) is 4.79 Å². The molecule has 2 aromatic rings. The topological polar surface area (TPSA) is 40.9 Å². The van der Waals surface area contributed by atoms with Gasteiger partial charge in [0.05, 0.1) is 0 Å². The summed E-state index contributed by atoms with van der Waals surface area (Å²) < 4.78 is 1.00. The van der Waals surface area contributed by atoms with E-state index in [-0.39, 0.29) is 0 Å². The van der Waals surface area contributed by atoms with Crippen molar-refractivity contribution in [1.82, 2.24) is 0 Å². The van der Waals surface area contributed by atoms with Gasteiger partial charge < -0.3 is 0 Å². The maximum absolute atomic E-state index is 10.6. The van der Waals surface area contributed by atoms with E-state index in [1.807, 2.05) is 19.1 Å². The number of aldehydes is 1. The van der Waals surface area contributed by atoms with Crippen LogP contribution in [0.15, 0.2) is 18.2 Å². The minimum atomic E-state index is 0.656. The van der Waals surface area contributed by atoms with Gasteiger partial charge in [-0.05, 0) is 23.9 Å². The van der Waals surface area contributed by atoms with Crippen LogP contribution >= 0.6 is 11.3 Å². The molecule has 0 atom stereocenters. The van der Waals surface area contributed by atoms with Crippen molar-refractivity contribution >= 4 is 27.7 Å². The van der Waals surface area contributed by atoms with E-state index < -0.39 is 0 Å². The summed E-state index contributed by atoms with van der Waals surface area (Å²) >= 11 is 1.43. The van der Waals surface area contributed by atoms with Crippen molar-refractivity contribution in [1.29, 1.82) is 5.26 Å². The van der Waals surface area contributed by atoms with Crippen molar-refractivity contribution in [2.45, 2.75) is 6.92 Å². The molecule has 0 saturated carbocycles. The van der Waals surface area contributed by atoms with Crippen LogP contribution in [0.25, 0.3) is 10.1 Å². The fourth-order valence-corrected chi connectivity index (χ4v) is 2.48. The predicted molar refractivity (Wildman–Crippen MR) is 56.7 cm³/mol. The predicted octanol–water partition coefficient (Wildman–Crippen LogP) is 2.89. The summed E-state index contributed by atoms with van der Waals surface area (Å²) in [6.07, 6.45) is 0.820. The molecule has 0 aliphatic rings. The van der Waals surface area contributed by atoms with Gasteiger partial charge >= 0.3 is 0 Å². The highest BCUT2D eigenvalue weighted by Gasteiger charge is 2.07. The van der Waals surface area contributed by atoms with Crippen LogP contribution in [0.3, 0.4) is 0 Å². The molecular formula is C11H7NOS. The first-order valence-corrected chi connectivity index (χ1v) is 4.96. The van der Waals surface area contributed by atoms with Gasteiger partial charge in [0.1, 0.15) is 17.2 Å².